The zero-order valence-corrected chi connectivity index (χ0v) is 12.7. The van der Waals surface area contributed by atoms with E-state index < -0.39 is 11.2 Å². The lowest BCUT2D eigenvalue weighted by atomic mass is 10.0. The van der Waals surface area contributed by atoms with Crippen molar-refractivity contribution in [1.29, 1.82) is 0 Å². The summed E-state index contributed by atoms with van der Waals surface area (Å²) in [7, 11) is 0. The Morgan fingerprint density at radius 1 is 1.48 bits per heavy atom. The number of hydrogen-bond donors (Lipinski definition) is 3. The summed E-state index contributed by atoms with van der Waals surface area (Å²) >= 11 is 0. The number of nitrogens with zero attached hydrogens (tertiary/aromatic N) is 1. The first-order chi connectivity index (χ1) is 9.97. The quantitative estimate of drug-likeness (QED) is 0.724. The zero-order valence-electron chi connectivity index (χ0n) is 12.7. The predicted molar refractivity (Wildman–Crippen MR) is 82.7 cm³/mol. The summed E-state index contributed by atoms with van der Waals surface area (Å²) in [6.07, 6.45) is 3.73. The molecule has 1 atom stereocenters. The Morgan fingerprint density at radius 2 is 2.24 bits per heavy atom. The molecule has 0 saturated carbocycles. The average Bonchev–Trinajstić information content (AvgIpc) is 2.85. The number of aromatic amines is 1. The van der Waals surface area contributed by atoms with Crippen LogP contribution >= 0.6 is 0 Å². The molecule has 1 aliphatic rings. The summed E-state index contributed by atoms with van der Waals surface area (Å²) in [4.78, 5) is 26.1. The van der Waals surface area contributed by atoms with E-state index in [0.717, 1.165) is 32.3 Å². The van der Waals surface area contributed by atoms with E-state index in [1.807, 2.05) is 13.8 Å². The van der Waals surface area contributed by atoms with Crippen molar-refractivity contribution in [3.63, 3.8) is 0 Å². The molecule has 0 bridgehead atoms. The minimum Gasteiger partial charge on any atom is -0.383 e. The van der Waals surface area contributed by atoms with Gasteiger partial charge in [-0.3, -0.25) is 14.3 Å². The third-order valence-electron chi connectivity index (χ3n) is 3.91. The Morgan fingerprint density at radius 3 is 2.86 bits per heavy atom. The van der Waals surface area contributed by atoms with Gasteiger partial charge < -0.3 is 15.8 Å². The fraction of sp³-hybridized carbons (Fsp3) is 0.714. The molecule has 1 fully saturated rings. The van der Waals surface area contributed by atoms with E-state index in [0.29, 0.717) is 13.1 Å². The van der Waals surface area contributed by atoms with Crippen molar-refractivity contribution in [1.82, 2.24) is 9.55 Å². The van der Waals surface area contributed by atoms with Gasteiger partial charge in [0.2, 0.25) is 0 Å². The Bertz CT molecular complexity index is 599. The van der Waals surface area contributed by atoms with Crippen LogP contribution in [0.25, 0.3) is 0 Å². The minimum absolute atomic E-state index is 0.193. The van der Waals surface area contributed by atoms with E-state index in [-0.39, 0.29) is 17.1 Å². The van der Waals surface area contributed by atoms with Gasteiger partial charge >= 0.3 is 5.69 Å². The lowest BCUT2D eigenvalue weighted by molar-refractivity contribution is 0.0315. The molecule has 0 amide bonds. The summed E-state index contributed by atoms with van der Waals surface area (Å²) in [5.74, 6) is 0.193. The van der Waals surface area contributed by atoms with E-state index in [1.165, 1.54) is 4.57 Å². The van der Waals surface area contributed by atoms with E-state index in [2.05, 4.69) is 10.3 Å². The summed E-state index contributed by atoms with van der Waals surface area (Å²) in [6.45, 7) is 5.77. The van der Waals surface area contributed by atoms with Crippen molar-refractivity contribution in [3.05, 3.63) is 20.8 Å². The largest absolute Gasteiger partial charge is 0.383 e. The predicted octanol–water partition coefficient (Wildman–Crippen LogP) is 0.900. The number of nitrogen functional groups attached to an aromatic ring is 1. The maximum Gasteiger partial charge on any atom is 0.330 e. The third-order valence-corrected chi connectivity index (χ3v) is 3.91. The molecule has 1 aromatic heterocycles. The summed E-state index contributed by atoms with van der Waals surface area (Å²) in [6, 6.07) is 0. The van der Waals surface area contributed by atoms with Gasteiger partial charge in [-0.25, -0.2) is 4.79 Å². The van der Waals surface area contributed by atoms with Gasteiger partial charge in [0, 0.05) is 19.7 Å². The molecule has 118 valence electrons. The minimum atomic E-state index is -0.480. The van der Waals surface area contributed by atoms with Gasteiger partial charge in [0.15, 0.2) is 0 Å². The molecule has 1 aromatic rings. The van der Waals surface area contributed by atoms with Gasteiger partial charge in [0.05, 0.1) is 5.60 Å². The standard InChI is InChI=1S/C14H24N4O3/c1-3-4-7-18-11(15)10(12(19)17-13(18)20)16-9-14(2)6-5-8-21-14/h16H,3-9,15H2,1-2H3,(H,17,19,20). The number of rotatable bonds is 6. The van der Waals surface area contributed by atoms with Gasteiger partial charge in [-0.15, -0.1) is 0 Å². The number of aromatic nitrogens is 2. The monoisotopic (exact) mass is 296 g/mol. The molecule has 2 rings (SSSR count). The van der Waals surface area contributed by atoms with Crippen LogP contribution in [0.5, 0.6) is 0 Å². The van der Waals surface area contributed by atoms with Gasteiger partial charge in [-0.05, 0) is 26.2 Å². The molecule has 0 spiro atoms. The van der Waals surface area contributed by atoms with E-state index in [9.17, 15) is 9.59 Å². The maximum atomic E-state index is 11.9. The zero-order chi connectivity index (χ0) is 15.5. The first kappa shape index (κ1) is 15.6. The van der Waals surface area contributed by atoms with Gasteiger partial charge in [0.1, 0.15) is 11.5 Å². The molecule has 2 heterocycles. The van der Waals surface area contributed by atoms with E-state index in [1.54, 1.807) is 0 Å². The van der Waals surface area contributed by atoms with Crippen LogP contribution in [0.15, 0.2) is 9.59 Å². The normalized spacial score (nSPS) is 21.6. The van der Waals surface area contributed by atoms with Crippen LogP contribution in [0.3, 0.4) is 0 Å². The number of H-pyrrole nitrogens is 1. The fourth-order valence-corrected chi connectivity index (χ4v) is 2.55. The van der Waals surface area contributed by atoms with Crippen LogP contribution in [-0.4, -0.2) is 28.3 Å². The molecular formula is C14H24N4O3. The maximum absolute atomic E-state index is 11.9. The van der Waals surface area contributed by atoms with Crippen LogP contribution in [0.2, 0.25) is 0 Å². The molecule has 1 aliphatic heterocycles. The fourth-order valence-electron chi connectivity index (χ4n) is 2.55. The summed E-state index contributed by atoms with van der Waals surface area (Å²) in [5, 5.41) is 3.05. The topological polar surface area (TPSA) is 102 Å². The van der Waals surface area contributed by atoms with Gasteiger partial charge in [-0.1, -0.05) is 13.3 Å². The molecule has 1 unspecified atom stereocenters. The molecule has 7 nitrogen and oxygen atoms in total. The van der Waals surface area contributed by atoms with Crippen LogP contribution in [0, 0.1) is 0 Å². The van der Waals surface area contributed by atoms with Crippen molar-refractivity contribution >= 4 is 11.5 Å². The third kappa shape index (κ3) is 3.47. The number of nitrogens with one attached hydrogen (secondary N) is 2. The van der Waals surface area contributed by atoms with Crippen molar-refractivity contribution in [2.45, 2.75) is 51.7 Å². The highest BCUT2D eigenvalue weighted by atomic mass is 16.5. The molecule has 7 heteroatoms. The molecule has 1 saturated heterocycles. The Labute approximate surface area is 123 Å². The highest BCUT2D eigenvalue weighted by molar-refractivity contribution is 5.60. The molecular weight excluding hydrogens is 272 g/mol. The van der Waals surface area contributed by atoms with Crippen LogP contribution in [-0.2, 0) is 11.3 Å². The SMILES string of the molecule is CCCCn1c(N)c(NCC2(C)CCCO2)c(=O)[nH]c1=O. The van der Waals surface area contributed by atoms with Crippen molar-refractivity contribution in [2.24, 2.45) is 0 Å². The number of nitrogens with two attached hydrogens (primary N) is 1. The number of anilines is 2. The van der Waals surface area contributed by atoms with E-state index >= 15 is 0 Å². The number of hydrogen-bond acceptors (Lipinski definition) is 5. The van der Waals surface area contributed by atoms with Crippen LogP contribution in [0.1, 0.15) is 39.5 Å². The lowest BCUT2D eigenvalue weighted by Gasteiger charge is -2.24. The molecule has 21 heavy (non-hydrogen) atoms. The van der Waals surface area contributed by atoms with Crippen LogP contribution < -0.4 is 22.3 Å². The first-order valence-corrected chi connectivity index (χ1v) is 7.47. The second kappa shape index (κ2) is 6.34. The smallest absolute Gasteiger partial charge is 0.330 e. The lowest BCUT2D eigenvalue weighted by Crippen LogP contribution is -2.38. The molecule has 0 aromatic carbocycles. The van der Waals surface area contributed by atoms with Crippen LogP contribution in [0.4, 0.5) is 11.5 Å². The van der Waals surface area contributed by atoms with Gasteiger partial charge in [0.25, 0.3) is 5.56 Å². The number of unbranched alkanes of at least 4 members (excludes halogenated alkanes) is 1. The highest BCUT2D eigenvalue weighted by Gasteiger charge is 2.30. The highest BCUT2D eigenvalue weighted by Crippen LogP contribution is 2.25. The second-order valence-electron chi connectivity index (χ2n) is 5.78. The average molecular weight is 296 g/mol. The number of ether oxygens (including phenoxy) is 1. The molecule has 0 radical (unpaired) electrons. The molecule has 0 aliphatic carbocycles. The Hall–Kier alpha value is -1.76. The van der Waals surface area contributed by atoms with Gasteiger partial charge in [-0.2, -0.15) is 0 Å². The summed E-state index contributed by atoms with van der Waals surface area (Å²) in [5.41, 5.74) is 5.02. The summed E-state index contributed by atoms with van der Waals surface area (Å²) < 4.78 is 7.08. The Balaban J connectivity index is 2.22. The Kier molecular flexibility index (Phi) is 4.72. The second-order valence-corrected chi connectivity index (χ2v) is 5.78. The van der Waals surface area contributed by atoms with E-state index in [4.69, 9.17) is 10.5 Å². The first-order valence-electron chi connectivity index (χ1n) is 7.47. The van der Waals surface area contributed by atoms with Crippen molar-refractivity contribution in [3.8, 4) is 0 Å². The molecule has 4 N–H and O–H groups in total. The van der Waals surface area contributed by atoms with Crippen molar-refractivity contribution in [2.75, 3.05) is 24.2 Å². The van der Waals surface area contributed by atoms with Crippen molar-refractivity contribution < 1.29 is 4.74 Å².